The SMILES string of the molecule is C\C=C/C=C1/CCO/C1=C\C. The lowest BCUT2D eigenvalue weighted by Crippen LogP contribution is -1.78. The molecule has 0 atom stereocenters. The van der Waals surface area contributed by atoms with Gasteiger partial charge in [0, 0.05) is 6.42 Å². The fourth-order valence-corrected chi connectivity index (χ4v) is 1.13. The fraction of sp³-hybridized carbons (Fsp3) is 0.400. The molecule has 1 heteroatoms. The van der Waals surface area contributed by atoms with Crippen LogP contribution in [0.4, 0.5) is 0 Å². The summed E-state index contributed by atoms with van der Waals surface area (Å²) in [5.41, 5.74) is 1.31. The van der Waals surface area contributed by atoms with Gasteiger partial charge in [-0.1, -0.05) is 18.2 Å². The van der Waals surface area contributed by atoms with E-state index in [-0.39, 0.29) is 0 Å². The van der Waals surface area contributed by atoms with E-state index in [1.807, 2.05) is 32.1 Å². The van der Waals surface area contributed by atoms with Crippen molar-refractivity contribution in [1.82, 2.24) is 0 Å². The number of rotatable bonds is 1. The lowest BCUT2D eigenvalue weighted by Gasteiger charge is -1.95. The topological polar surface area (TPSA) is 9.23 Å². The summed E-state index contributed by atoms with van der Waals surface area (Å²) in [6, 6.07) is 0. The molecule has 0 bridgehead atoms. The maximum atomic E-state index is 5.37. The molecule has 0 aliphatic carbocycles. The van der Waals surface area contributed by atoms with E-state index in [0.29, 0.717) is 0 Å². The van der Waals surface area contributed by atoms with Crippen molar-refractivity contribution >= 4 is 0 Å². The molecule has 0 N–H and O–H groups in total. The normalized spacial score (nSPS) is 25.3. The van der Waals surface area contributed by atoms with E-state index in [2.05, 4.69) is 6.08 Å². The number of hydrogen-bond acceptors (Lipinski definition) is 1. The Balaban J connectivity index is 2.71. The van der Waals surface area contributed by atoms with Crippen LogP contribution in [0, 0.1) is 0 Å². The van der Waals surface area contributed by atoms with Crippen LogP contribution in [0.3, 0.4) is 0 Å². The number of ether oxygens (including phenoxy) is 1. The Kier molecular flexibility index (Phi) is 2.96. The van der Waals surface area contributed by atoms with Gasteiger partial charge in [-0.2, -0.15) is 0 Å². The summed E-state index contributed by atoms with van der Waals surface area (Å²) in [5.74, 6) is 1.04. The maximum absolute atomic E-state index is 5.37. The Hall–Kier alpha value is -0.980. The van der Waals surface area contributed by atoms with Gasteiger partial charge in [0.15, 0.2) is 0 Å². The van der Waals surface area contributed by atoms with Crippen LogP contribution < -0.4 is 0 Å². The van der Waals surface area contributed by atoms with Crippen molar-refractivity contribution in [3.05, 3.63) is 35.6 Å². The molecule has 1 aliphatic rings. The minimum atomic E-state index is 0.836. The van der Waals surface area contributed by atoms with Crippen molar-refractivity contribution < 1.29 is 4.74 Å². The zero-order chi connectivity index (χ0) is 8.10. The molecule has 1 heterocycles. The van der Waals surface area contributed by atoms with E-state index in [1.165, 1.54) is 5.57 Å². The van der Waals surface area contributed by atoms with Crippen LogP contribution in [0.15, 0.2) is 35.6 Å². The standard InChI is InChI=1S/C10H14O/c1-3-5-6-9-7-8-11-10(9)4-2/h3-6H,7-8H2,1-2H3/b5-3-,9-6-,10-4-. The van der Waals surface area contributed by atoms with Crippen LogP contribution in [-0.4, -0.2) is 6.61 Å². The molecule has 0 radical (unpaired) electrons. The molecule has 0 saturated carbocycles. The molecule has 1 fully saturated rings. The summed E-state index contributed by atoms with van der Waals surface area (Å²) < 4.78 is 5.37. The van der Waals surface area contributed by atoms with Crippen LogP contribution in [0.2, 0.25) is 0 Å². The van der Waals surface area contributed by atoms with Gasteiger partial charge in [0.05, 0.1) is 6.61 Å². The van der Waals surface area contributed by atoms with Gasteiger partial charge in [0.2, 0.25) is 0 Å². The molecule has 0 aromatic heterocycles. The largest absolute Gasteiger partial charge is 0.493 e. The highest BCUT2D eigenvalue weighted by Crippen LogP contribution is 2.23. The van der Waals surface area contributed by atoms with Crippen molar-refractivity contribution in [3.63, 3.8) is 0 Å². The summed E-state index contributed by atoms with van der Waals surface area (Å²) in [5, 5.41) is 0. The molecule has 0 amide bonds. The van der Waals surface area contributed by atoms with Gasteiger partial charge in [-0.3, -0.25) is 0 Å². The first-order chi connectivity index (χ1) is 5.38. The second kappa shape index (κ2) is 4.02. The lowest BCUT2D eigenvalue weighted by molar-refractivity contribution is 0.265. The second-order valence-corrected chi connectivity index (χ2v) is 2.47. The average molecular weight is 150 g/mol. The summed E-state index contributed by atoms with van der Waals surface area (Å²) >= 11 is 0. The second-order valence-electron chi connectivity index (χ2n) is 2.47. The molecular formula is C10H14O. The van der Waals surface area contributed by atoms with Crippen molar-refractivity contribution in [2.24, 2.45) is 0 Å². The van der Waals surface area contributed by atoms with Gasteiger partial charge in [0.1, 0.15) is 5.76 Å². The fourth-order valence-electron chi connectivity index (χ4n) is 1.13. The van der Waals surface area contributed by atoms with E-state index in [0.717, 1.165) is 18.8 Å². The summed E-state index contributed by atoms with van der Waals surface area (Å²) in [6.07, 6.45) is 9.25. The third kappa shape index (κ3) is 1.97. The maximum Gasteiger partial charge on any atom is 0.118 e. The quantitative estimate of drug-likeness (QED) is 0.558. The van der Waals surface area contributed by atoms with Crippen LogP contribution >= 0.6 is 0 Å². The predicted octanol–water partition coefficient (Wildman–Crippen LogP) is 2.81. The van der Waals surface area contributed by atoms with Gasteiger partial charge in [-0.25, -0.2) is 0 Å². The van der Waals surface area contributed by atoms with Gasteiger partial charge >= 0.3 is 0 Å². The first-order valence-electron chi connectivity index (χ1n) is 4.00. The molecule has 0 spiro atoms. The van der Waals surface area contributed by atoms with Crippen molar-refractivity contribution in [3.8, 4) is 0 Å². The third-order valence-electron chi connectivity index (χ3n) is 1.70. The minimum Gasteiger partial charge on any atom is -0.493 e. The smallest absolute Gasteiger partial charge is 0.118 e. The monoisotopic (exact) mass is 150 g/mol. The highest BCUT2D eigenvalue weighted by atomic mass is 16.5. The summed E-state index contributed by atoms with van der Waals surface area (Å²) in [4.78, 5) is 0. The minimum absolute atomic E-state index is 0.836. The Labute approximate surface area is 68.1 Å². The lowest BCUT2D eigenvalue weighted by atomic mass is 10.1. The van der Waals surface area contributed by atoms with Gasteiger partial charge in [0.25, 0.3) is 0 Å². The number of allylic oxidation sites excluding steroid dienone is 5. The molecular weight excluding hydrogens is 136 g/mol. The average Bonchev–Trinajstić information content (AvgIpc) is 2.47. The molecule has 1 nitrogen and oxygen atoms in total. The van der Waals surface area contributed by atoms with Crippen LogP contribution in [0.5, 0.6) is 0 Å². The van der Waals surface area contributed by atoms with Crippen molar-refractivity contribution in [2.75, 3.05) is 6.61 Å². The third-order valence-corrected chi connectivity index (χ3v) is 1.70. The highest BCUT2D eigenvalue weighted by Gasteiger charge is 2.11. The molecule has 1 aliphatic heterocycles. The van der Waals surface area contributed by atoms with Crippen LogP contribution in [0.1, 0.15) is 20.3 Å². The van der Waals surface area contributed by atoms with Gasteiger partial charge < -0.3 is 4.74 Å². The highest BCUT2D eigenvalue weighted by molar-refractivity contribution is 5.31. The van der Waals surface area contributed by atoms with E-state index in [1.54, 1.807) is 0 Å². The predicted molar refractivity (Wildman–Crippen MR) is 47.2 cm³/mol. The summed E-state index contributed by atoms with van der Waals surface area (Å²) in [6.45, 7) is 4.86. The molecule has 0 unspecified atom stereocenters. The van der Waals surface area contributed by atoms with Crippen LogP contribution in [-0.2, 0) is 4.74 Å². The van der Waals surface area contributed by atoms with Crippen molar-refractivity contribution in [2.45, 2.75) is 20.3 Å². The molecule has 60 valence electrons. The zero-order valence-corrected chi connectivity index (χ0v) is 7.13. The zero-order valence-electron chi connectivity index (χ0n) is 7.13. The van der Waals surface area contributed by atoms with Crippen LogP contribution in [0.25, 0.3) is 0 Å². The van der Waals surface area contributed by atoms with E-state index in [4.69, 9.17) is 4.74 Å². The Morgan fingerprint density at radius 1 is 1.36 bits per heavy atom. The molecule has 0 aromatic rings. The molecule has 0 aromatic carbocycles. The van der Waals surface area contributed by atoms with E-state index < -0.39 is 0 Å². The molecule has 1 saturated heterocycles. The Morgan fingerprint density at radius 2 is 2.18 bits per heavy atom. The molecule has 11 heavy (non-hydrogen) atoms. The summed E-state index contributed by atoms with van der Waals surface area (Å²) in [7, 11) is 0. The Bertz CT molecular complexity index is 209. The van der Waals surface area contributed by atoms with E-state index >= 15 is 0 Å². The number of hydrogen-bond donors (Lipinski definition) is 0. The first-order valence-corrected chi connectivity index (χ1v) is 4.00. The van der Waals surface area contributed by atoms with Gasteiger partial charge in [-0.15, -0.1) is 0 Å². The van der Waals surface area contributed by atoms with Crippen molar-refractivity contribution in [1.29, 1.82) is 0 Å². The molecule has 1 rings (SSSR count). The first kappa shape index (κ1) is 8.12. The van der Waals surface area contributed by atoms with E-state index in [9.17, 15) is 0 Å². The van der Waals surface area contributed by atoms with Gasteiger partial charge in [-0.05, 0) is 25.5 Å². The Morgan fingerprint density at radius 3 is 2.82 bits per heavy atom.